The molecule has 2 N–H and O–H groups in total. The van der Waals surface area contributed by atoms with Gasteiger partial charge in [0.25, 0.3) is 5.91 Å². The van der Waals surface area contributed by atoms with Crippen LogP contribution in [0, 0.1) is 13.8 Å². The lowest BCUT2D eigenvalue weighted by atomic mass is 10.1. The third-order valence-corrected chi connectivity index (χ3v) is 4.18. The minimum absolute atomic E-state index is 0.106. The van der Waals surface area contributed by atoms with Gasteiger partial charge in [-0.15, -0.1) is 0 Å². The van der Waals surface area contributed by atoms with Crippen molar-refractivity contribution < 1.29 is 14.3 Å². The Morgan fingerprint density at radius 3 is 2.54 bits per heavy atom. The predicted molar refractivity (Wildman–Crippen MR) is 97.2 cm³/mol. The van der Waals surface area contributed by atoms with E-state index >= 15 is 0 Å². The smallest absolute Gasteiger partial charge is 0.258 e. The molecule has 5 nitrogen and oxygen atoms in total. The zero-order chi connectivity index (χ0) is 17.5. The van der Waals surface area contributed by atoms with E-state index in [4.69, 9.17) is 4.74 Å². The van der Waals surface area contributed by atoms with Crippen molar-refractivity contribution >= 4 is 33.4 Å². The van der Waals surface area contributed by atoms with Crippen molar-refractivity contribution in [3.8, 4) is 5.75 Å². The van der Waals surface area contributed by atoms with Crippen LogP contribution in [0.4, 0.5) is 5.69 Å². The molecule has 0 aliphatic heterocycles. The number of rotatable bonds is 6. The number of hydrogen-bond acceptors (Lipinski definition) is 3. The summed E-state index contributed by atoms with van der Waals surface area (Å²) in [5, 5.41) is 5.32. The topological polar surface area (TPSA) is 67.4 Å². The minimum Gasteiger partial charge on any atom is -0.483 e. The normalized spacial score (nSPS) is 10.1. The van der Waals surface area contributed by atoms with Gasteiger partial charge < -0.3 is 15.4 Å². The lowest BCUT2D eigenvalue weighted by molar-refractivity contribution is -0.125. The molecule has 0 heterocycles. The maximum absolute atomic E-state index is 11.9. The molecule has 0 saturated heterocycles. The molecule has 2 amide bonds. The first-order valence-corrected chi connectivity index (χ1v) is 8.27. The first-order valence-electron chi connectivity index (χ1n) is 7.47. The maximum atomic E-state index is 11.9. The Labute approximate surface area is 149 Å². The van der Waals surface area contributed by atoms with Crippen LogP contribution in [0.5, 0.6) is 5.75 Å². The minimum atomic E-state index is -0.359. The third-order valence-electron chi connectivity index (χ3n) is 3.52. The Morgan fingerprint density at radius 2 is 1.79 bits per heavy atom. The average molecular weight is 391 g/mol. The number of carbonyl (C=O) groups excluding carboxylic acids is 2. The molecular weight excluding hydrogens is 372 g/mol. The highest BCUT2D eigenvalue weighted by atomic mass is 79.9. The van der Waals surface area contributed by atoms with E-state index in [9.17, 15) is 9.59 Å². The van der Waals surface area contributed by atoms with Gasteiger partial charge in [-0.2, -0.15) is 0 Å². The van der Waals surface area contributed by atoms with E-state index < -0.39 is 0 Å². The van der Waals surface area contributed by atoms with Crippen molar-refractivity contribution in [2.24, 2.45) is 0 Å². The molecule has 0 radical (unpaired) electrons. The zero-order valence-electron chi connectivity index (χ0n) is 13.6. The standard InChI is InChI=1S/C18H19BrN2O3/c1-12-6-5-8-15(13(12)2)21-17(22)10-20-18(23)11-24-16-9-4-3-7-14(16)19/h3-9H,10-11H2,1-2H3,(H,20,23)(H,21,22). The molecule has 6 heteroatoms. The van der Waals surface area contributed by atoms with Crippen LogP contribution in [-0.2, 0) is 9.59 Å². The molecule has 0 aliphatic rings. The molecule has 2 aromatic carbocycles. The van der Waals surface area contributed by atoms with Gasteiger partial charge in [-0.3, -0.25) is 9.59 Å². The van der Waals surface area contributed by atoms with Crippen molar-refractivity contribution in [3.63, 3.8) is 0 Å². The lowest BCUT2D eigenvalue weighted by Gasteiger charge is -2.11. The Morgan fingerprint density at radius 1 is 1.04 bits per heavy atom. The van der Waals surface area contributed by atoms with Crippen LogP contribution >= 0.6 is 15.9 Å². The number of ether oxygens (including phenoxy) is 1. The van der Waals surface area contributed by atoms with Crippen LogP contribution in [0.3, 0.4) is 0 Å². The number of carbonyl (C=O) groups is 2. The fourth-order valence-corrected chi connectivity index (χ4v) is 2.42. The Kier molecular flexibility index (Phi) is 6.37. The predicted octanol–water partition coefficient (Wildman–Crippen LogP) is 3.20. The molecule has 0 spiro atoms. The number of aryl methyl sites for hydroxylation is 1. The fraction of sp³-hybridized carbons (Fsp3) is 0.222. The van der Waals surface area contributed by atoms with Gasteiger partial charge in [0.1, 0.15) is 5.75 Å². The molecule has 0 aliphatic carbocycles. The van der Waals surface area contributed by atoms with E-state index in [1.165, 1.54) is 0 Å². The molecule has 24 heavy (non-hydrogen) atoms. The van der Waals surface area contributed by atoms with E-state index in [1.807, 2.05) is 50.2 Å². The average Bonchev–Trinajstić information content (AvgIpc) is 2.56. The number of halogens is 1. The number of hydrogen-bond donors (Lipinski definition) is 2. The first-order chi connectivity index (χ1) is 11.5. The van der Waals surface area contributed by atoms with E-state index in [-0.39, 0.29) is 25.0 Å². The Bertz CT molecular complexity index is 747. The number of anilines is 1. The summed E-state index contributed by atoms with van der Waals surface area (Å²) in [4.78, 5) is 23.7. The number of nitrogens with one attached hydrogen (secondary N) is 2. The van der Waals surface area contributed by atoms with Gasteiger partial charge in [0.2, 0.25) is 5.91 Å². The van der Waals surface area contributed by atoms with Crippen LogP contribution in [0.1, 0.15) is 11.1 Å². The molecular formula is C18H19BrN2O3. The van der Waals surface area contributed by atoms with Crippen LogP contribution in [-0.4, -0.2) is 25.0 Å². The number of benzene rings is 2. The number of para-hydroxylation sites is 1. The summed E-state index contributed by atoms with van der Waals surface area (Å²) >= 11 is 3.34. The SMILES string of the molecule is Cc1cccc(NC(=O)CNC(=O)COc2ccccc2Br)c1C. The maximum Gasteiger partial charge on any atom is 0.258 e. The summed E-state index contributed by atoms with van der Waals surface area (Å²) in [6.45, 7) is 3.66. The van der Waals surface area contributed by atoms with E-state index in [0.29, 0.717) is 5.75 Å². The largest absolute Gasteiger partial charge is 0.483 e. The molecule has 0 atom stereocenters. The summed E-state index contributed by atoms with van der Waals surface area (Å²) in [6, 6.07) is 12.9. The zero-order valence-corrected chi connectivity index (χ0v) is 15.1. The summed E-state index contributed by atoms with van der Waals surface area (Å²) in [5.74, 6) is -0.0627. The van der Waals surface area contributed by atoms with E-state index in [1.54, 1.807) is 6.07 Å². The van der Waals surface area contributed by atoms with Crippen LogP contribution in [0.25, 0.3) is 0 Å². The van der Waals surface area contributed by atoms with E-state index in [2.05, 4.69) is 26.6 Å². The van der Waals surface area contributed by atoms with Gasteiger partial charge >= 0.3 is 0 Å². The van der Waals surface area contributed by atoms with Crippen LogP contribution in [0.15, 0.2) is 46.9 Å². The van der Waals surface area contributed by atoms with Gasteiger partial charge in [0, 0.05) is 5.69 Å². The Balaban J connectivity index is 1.78. The second kappa shape index (κ2) is 8.49. The lowest BCUT2D eigenvalue weighted by Crippen LogP contribution is -2.35. The van der Waals surface area contributed by atoms with Gasteiger partial charge in [-0.25, -0.2) is 0 Å². The van der Waals surface area contributed by atoms with Crippen molar-refractivity contribution in [2.75, 3.05) is 18.5 Å². The van der Waals surface area contributed by atoms with Crippen LogP contribution < -0.4 is 15.4 Å². The first kappa shape index (κ1) is 18.0. The highest BCUT2D eigenvalue weighted by molar-refractivity contribution is 9.10. The highest BCUT2D eigenvalue weighted by Gasteiger charge is 2.09. The van der Waals surface area contributed by atoms with Gasteiger partial charge in [-0.05, 0) is 59.1 Å². The van der Waals surface area contributed by atoms with Crippen LogP contribution in [0.2, 0.25) is 0 Å². The molecule has 0 aromatic heterocycles. The van der Waals surface area contributed by atoms with Crippen molar-refractivity contribution in [2.45, 2.75) is 13.8 Å². The number of amides is 2. The molecule has 2 rings (SSSR count). The molecule has 0 fully saturated rings. The highest BCUT2D eigenvalue weighted by Crippen LogP contribution is 2.23. The second-order valence-corrected chi connectivity index (χ2v) is 6.15. The summed E-state index contributed by atoms with van der Waals surface area (Å²) in [7, 11) is 0. The van der Waals surface area contributed by atoms with Crippen molar-refractivity contribution in [3.05, 3.63) is 58.1 Å². The fourth-order valence-electron chi connectivity index (χ4n) is 2.02. The Hall–Kier alpha value is -2.34. The quantitative estimate of drug-likeness (QED) is 0.795. The molecule has 0 bridgehead atoms. The van der Waals surface area contributed by atoms with Crippen molar-refractivity contribution in [1.82, 2.24) is 5.32 Å². The molecule has 126 valence electrons. The summed E-state index contributed by atoms with van der Waals surface area (Å²) in [5.41, 5.74) is 2.85. The van der Waals surface area contributed by atoms with Gasteiger partial charge in [0.05, 0.1) is 11.0 Å². The summed E-state index contributed by atoms with van der Waals surface area (Å²) < 4.78 is 6.16. The summed E-state index contributed by atoms with van der Waals surface area (Å²) in [6.07, 6.45) is 0. The van der Waals surface area contributed by atoms with Gasteiger partial charge in [-0.1, -0.05) is 24.3 Å². The third kappa shape index (κ3) is 5.09. The van der Waals surface area contributed by atoms with Crippen molar-refractivity contribution in [1.29, 1.82) is 0 Å². The van der Waals surface area contributed by atoms with Gasteiger partial charge in [0.15, 0.2) is 6.61 Å². The monoisotopic (exact) mass is 390 g/mol. The second-order valence-electron chi connectivity index (χ2n) is 5.29. The molecule has 0 saturated carbocycles. The van der Waals surface area contributed by atoms with E-state index in [0.717, 1.165) is 21.3 Å². The molecule has 2 aromatic rings. The molecule has 0 unspecified atom stereocenters.